The number of nitrogens with zero attached hydrogens (tertiary/aromatic N) is 5. The number of amides is 1. The van der Waals surface area contributed by atoms with E-state index in [0.717, 1.165) is 41.8 Å². The molecule has 176 valence electrons. The number of fused-ring (bicyclic) bond motifs is 1. The second-order valence-corrected chi connectivity index (χ2v) is 8.89. The summed E-state index contributed by atoms with van der Waals surface area (Å²) < 4.78 is 42.0. The molecular formula is C26H20F3N5O. The van der Waals surface area contributed by atoms with Crippen LogP contribution < -0.4 is 4.90 Å². The topological polar surface area (TPSA) is 63.9 Å². The van der Waals surface area contributed by atoms with Gasteiger partial charge in [-0.25, -0.2) is 14.6 Å². The Morgan fingerprint density at radius 2 is 1.86 bits per heavy atom. The largest absolute Gasteiger partial charge is 0.416 e. The summed E-state index contributed by atoms with van der Waals surface area (Å²) >= 11 is 0. The van der Waals surface area contributed by atoms with E-state index in [1.807, 2.05) is 36.5 Å². The Morgan fingerprint density at radius 1 is 1.06 bits per heavy atom. The van der Waals surface area contributed by atoms with Crippen LogP contribution >= 0.6 is 0 Å². The van der Waals surface area contributed by atoms with Crippen LogP contribution in [0.4, 0.5) is 19.0 Å². The zero-order valence-electron chi connectivity index (χ0n) is 18.5. The zero-order chi connectivity index (χ0) is 24.2. The van der Waals surface area contributed by atoms with E-state index in [1.165, 1.54) is 6.07 Å². The highest BCUT2D eigenvalue weighted by Crippen LogP contribution is 2.46. The van der Waals surface area contributed by atoms with E-state index in [9.17, 15) is 18.0 Å². The number of alkyl halides is 3. The molecule has 35 heavy (non-hydrogen) atoms. The molecule has 0 atom stereocenters. The number of hydrogen-bond donors (Lipinski definition) is 0. The van der Waals surface area contributed by atoms with Crippen molar-refractivity contribution in [1.29, 1.82) is 0 Å². The molecule has 0 unspecified atom stereocenters. The van der Waals surface area contributed by atoms with Crippen molar-refractivity contribution in [2.75, 3.05) is 4.90 Å². The van der Waals surface area contributed by atoms with Gasteiger partial charge < -0.3 is 0 Å². The van der Waals surface area contributed by atoms with Gasteiger partial charge in [0.05, 0.1) is 24.2 Å². The molecular weight excluding hydrogens is 455 g/mol. The minimum Gasteiger partial charge on any atom is -0.292 e. The Bertz CT molecular complexity index is 1410. The van der Waals surface area contributed by atoms with Crippen molar-refractivity contribution in [2.45, 2.75) is 37.9 Å². The second-order valence-electron chi connectivity index (χ2n) is 8.89. The minimum atomic E-state index is -4.46. The van der Waals surface area contributed by atoms with Gasteiger partial charge in [-0.3, -0.25) is 9.69 Å². The van der Waals surface area contributed by atoms with Crippen LogP contribution in [0.25, 0.3) is 17.1 Å². The SMILES string of the molecule is O=C1Cc2cnc(-c3cc(C(F)(F)F)ccc3C3CC3)nc2N1Cc1ccc(-n2cccn2)cc1. The monoisotopic (exact) mass is 475 g/mol. The predicted molar refractivity (Wildman–Crippen MR) is 123 cm³/mol. The molecule has 0 N–H and O–H groups in total. The van der Waals surface area contributed by atoms with Gasteiger partial charge in [-0.15, -0.1) is 0 Å². The molecule has 1 aliphatic heterocycles. The predicted octanol–water partition coefficient (Wildman–Crippen LogP) is 5.31. The number of hydrogen-bond acceptors (Lipinski definition) is 4. The number of benzene rings is 2. The summed E-state index contributed by atoms with van der Waals surface area (Å²) in [6, 6.07) is 13.3. The summed E-state index contributed by atoms with van der Waals surface area (Å²) in [4.78, 5) is 23.4. The van der Waals surface area contributed by atoms with Crippen LogP contribution in [-0.4, -0.2) is 25.7 Å². The van der Waals surface area contributed by atoms with Gasteiger partial charge >= 0.3 is 6.18 Å². The summed E-state index contributed by atoms with van der Waals surface area (Å²) in [5, 5.41) is 4.21. The lowest BCUT2D eigenvalue weighted by Gasteiger charge is -2.18. The van der Waals surface area contributed by atoms with Crippen molar-refractivity contribution in [2.24, 2.45) is 0 Å². The maximum absolute atomic E-state index is 13.4. The molecule has 6 rings (SSSR count). The fourth-order valence-electron chi connectivity index (χ4n) is 4.46. The Kier molecular flexibility index (Phi) is 4.94. The Morgan fingerprint density at radius 3 is 2.54 bits per heavy atom. The summed E-state index contributed by atoms with van der Waals surface area (Å²) in [7, 11) is 0. The highest BCUT2D eigenvalue weighted by Gasteiger charge is 2.35. The molecule has 2 aliphatic rings. The van der Waals surface area contributed by atoms with E-state index in [0.29, 0.717) is 23.5 Å². The van der Waals surface area contributed by atoms with Gasteiger partial charge in [-0.05, 0) is 60.2 Å². The molecule has 4 aromatic rings. The van der Waals surface area contributed by atoms with E-state index in [1.54, 1.807) is 22.0 Å². The van der Waals surface area contributed by atoms with Crippen molar-refractivity contribution in [1.82, 2.24) is 19.7 Å². The zero-order valence-corrected chi connectivity index (χ0v) is 18.5. The summed E-state index contributed by atoms with van der Waals surface area (Å²) in [5.41, 5.74) is 2.95. The molecule has 3 heterocycles. The molecule has 9 heteroatoms. The number of anilines is 1. The Hall–Kier alpha value is -4.01. The van der Waals surface area contributed by atoms with Gasteiger partial charge in [0.15, 0.2) is 5.82 Å². The summed E-state index contributed by atoms with van der Waals surface area (Å²) in [6.45, 7) is 0.305. The number of aromatic nitrogens is 4. The molecule has 1 aliphatic carbocycles. The van der Waals surface area contributed by atoms with Crippen molar-refractivity contribution >= 4 is 11.7 Å². The molecule has 0 radical (unpaired) electrons. The third kappa shape index (κ3) is 4.07. The molecule has 0 spiro atoms. The number of carbonyl (C=O) groups is 1. The van der Waals surface area contributed by atoms with Crippen molar-refractivity contribution in [3.8, 4) is 17.1 Å². The first-order valence-corrected chi connectivity index (χ1v) is 11.3. The van der Waals surface area contributed by atoms with Gasteiger partial charge in [0.25, 0.3) is 0 Å². The first-order valence-electron chi connectivity index (χ1n) is 11.3. The first-order chi connectivity index (χ1) is 16.9. The van der Waals surface area contributed by atoms with Crippen LogP contribution in [0.3, 0.4) is 0 Å². The van der Waals surface area contributed by atoms with E-state index in [4.69, 9.17) is 0 Å². The number of halogens is 3. The minimum absolute atomic E-state index is 0.117. The Balaban J connectivity index is 1.34. The summed E-state index contributed by atoms with van der Waals surface area (Å²) in [5.74, 6) is 0.769. The molecule has 1 fully saturated rings. The molecule has 2 aromatic carbocycles. The fourth-order valence-corrected chi connectivity index (χ4v) is 4.46. The molecule has 6 nitrogen and oxygen atoms in total. The van der Waals surface area contributed by atoms with E-state index < -0.39 is 11.7 Å². The molecule has 1 saturated carbocycles. The van der Waals surface area contributed by atoms with Crippen LogP contribution in [0.1, 0.15) is 41.0 Å². The van der Waals surface area contributed by atoms with Crippen LogP contribution in [0, 0.1) is 0 Å². The maximum Gasteiger partial charge on any atom is 0.416 e. The molecule has 1 amide bonds. The van der Waals surface area contributed by atoms with Gasteiger partial charge in [-0.2, -0.15) is 18.3 Å². The van der Waals surface area contributed by atoms with E-state index in [2.05, 4.69) is 15.1 Å². The van der Waals surface area contributed by atoms with Gasteiger partial charge in [0.1, 0.15) is 5.82 Å². The van der Waals surface area contributed by atoms with E-state index >= 15 is 0 Å². The average molecular weight is 475 g/mol. The van der Waals surface area contributed by atoms with Crippen molar-refractivity contribution in [3.05, 3.63) is 89.4 Å². The van der Waals surface area contributed by atoms with Crippen LogP contribution in [-0.2, 0) is 23.9 Å². The highest BCUT2D eigenvalue weighted by molar-refractivity contribution is 6.00. The van der Waals surface area contributed by atoms with Gasteiger partial charge in [0.2, 0.25) is 5.91 Å². The lowest BCUT2D eigenvalue weighted by molar-refractivity contribution is -0.137. The van der Waals surface area contributed by atoms with Crippen molar-refractivity contribution < 1.29 is 18.0 Å². The van der Waals surface area contributed by atoms with Crippen LogP contribution in [0.2, 0.25) is 0 Å². The Labute approximate surface area is 199 Å². The molecule has 0 saturated heterocycles. The van der Waals surface area contributed by atoms with Gasteiger partial charge in [-0.1, -0.05) is 18.2 Å². The standard InChI is InChI=1S/C26H20F3N5O/c27-26(28,29)19-6-9-21(17-4-5-17)22(13-19)24-30-14-18-12-23(35)33(25(18)32-24)15-16-2-7-20(8-3-16)34-11-1-10-31-34/h1-3,6-11,13-14,17H,4-5,12,15H2. The third-order valence-corrected chi connectivity index (χ3v) is 6.42. The normalized spacial score (nSPS) is 15.5. The second kappa shape index (κ2) is 8.04. The third-order valence-electron chi connectivity index (χ3n) is 6.42. The molecule has 2 aromatic heterocycles. The lowest BCUT2D eigenvalue weighted by Crippen LogP contribution is -2.26. The van der Waals surface area contributed by atoms with Gasteiger partial charge in [0, 0.05) is 29.7 Å². The smallest absolute Gasteiger partial charge is 0.292 e. The highest BCUT2D eigenvalue weighted by atomic mass is 19.4. The number of carbonyl (C=O) groups excluding carboxylic acids is 1. The number of rotatable bonds is 5. The summed E-state index contributed by atoms with van der Waals surface area (Å²) in [6.07, 6.45) is 2.68. The van der Waals surface area contributed by atoms with Crippen molar-refractivity contribution in [3.63, 3.8) is 0 Å². The maximum atomic E-state index is 13.4. The quantitative estimate of drug-likeness (QED) is 0.392. The van der Waals surface area contributed by atoms with E-state index in [-0.39, 0.29) is 24.1 Å². The first kappa shape index (κ1) is 21.5. The fraction of sp³-hybridized carbons (Fsp3) is 0.231. The van der Waals surface area contributed by atoms with Crippen LogP contribution in [0.5, 0.6) is 0 Å². The van der Waals surface area contributed by atoms with Crippen LogP contribution in [0.15, 0.2) is 67.1 Å². The lowest BCUT2D eigenvalue weighted by atomic mass is 9.99. The average Bonchev–Trinajstić information content (AvgIpc) is 3.45. The molecule has 0 bridgehead atoms.